The van der Waals surface area contributed by atoms with E-state index in [-0.39, 0.29) is 0 Å². The van der Waals surface area contributed by atoms with E-state index >= 15 is 0 Å². The van der Waals surface area contributed by atoms with Crippen LogP contribution in [-0.2, 0) is 0 Å². The van der Waals surface area contributed by atoms with Crippen molar-refractivity contribution in [1.82, 2.24) is 5.32 Å². The molecule has 98 valence electrons. The van der Waals surface area contributed by atoms with Crippen molar-refractivity contribution in [2.75, 3.05) is 24.5 Å². The van der Waals surface area contributed by atoms with Gasteiger partial charge in [-0.15, -0.1) is 0 Å². The summed E-state index contributed by atoms with van der Waals surface area (Å²) in [4.78, 5) is 2.23. The van der Waals surface area contributed by atoms with Crippen LogP contribution >= 0.6 is 0 Å². The molecule has 0 aliphatic carbocycles. The highest BCUT2D eigenvalue weighted by Crippen LogP contribution is 2.17. The molecule has 18 heavy (non-hydrogen) atoms. The molecule has 1 aromatic carbocycles. The summed E-state index contributed by atoms with van der Waals surface area (Å²) in [7, 11) is 0. The molecule has 1 atom stereocenters. The van der Waals surface area contributed by atoms with E-state index in [9.17, 15) is 5.26 Å². The molecule has 1 N–H and O–H groups in total. The Labute approximate surface area is 110 Å². The third-order valence-electron chi connectivity index (χ3n) is 3.10. The van der Waals surface area contributed by atoms with E-state index in [1.807, 2.05) is 13.8 Å². The number of nitrogens with one attached hydrogen (secondary N) is 1. The molecule has 0 radical (unpaired) electrons. The molecule has 0 saturated heterocycles. The zero-order chi connectivity index (χ0) is 13.6. The first-order valence-corrected chi connectivity index (χ1v) is 6.52. The maximum Gasteiger partial charge on any atom is 0.121 e. The van der Waals surface area contributed by atoms with Crippen LogP contribution in [0.3, 0.4) is 0 Å². The molecular formula is C15H23N3. The summed E-state index contributed by atoms with van der Waals surface area (Å²) in [6, 6.07) is 10.8. The Hall–Kier alpha value is -1.53. The molecular weight excluding hydrogens is 222 g/mol. The van der Waals surface area contributed by atoms with Gasteiger partial charge in [0.05, 0.1) is 6.07 Å². The average molecular weight is 245 g/mol. The topological polar surface area (TPSA) is 39.1 Å². The van der Waals surface area contributed by atoms with Crippen LogP contribution in [0.5, 0.6) is 0 Å². The quantitative estimate of drug-likeness (QED) is 0.837. The molecule has 0 heterocycles. The van der Waals surface area contributed by atoms with Gasteiger partial charge in [0.1, 0.15) is 5.54 Å². The SMILES string of the molecule is CCNC(C)(C#N)CN(CC)c1ccc(C)cc1. The van der Waals surface area contributed by atoms with E-state index in [1.54, 1.807) is 0 Å². The predicted octanol–water partition coefficient (Wildman–Crippen LogP) is 2.71. The van der Waals surface area contributed by atoms with Gasteiger partial charge in [-0.2, -0.15) is 5.26 Å². The fraction of sp³-hybridized carbons (Fsp3) is 0.533. The van der Waals surface area contributed by atoms with Crippen molar-refractivity contribution in [2.45, 2.75) is 33.2 Å². The molecule has 0 spiro atoms. The highest BCUT2D eigenvalue weighted by atomic mass is 15.2. The summed E-state index contributed by atoms with van der Waals surface area (Å²) in [6.07, 6.45) is 0. The Bertz CT molecular complexity index is 405. The summed E-state index contributed by atoms with van der Waals surface area (Å²) in [5.74, 6) is 0. The highest BCUT2D eigenvalue weighted by molar-refractivity contribution is 5.48. The monoisotopic (exact) mass is 245 g/mol. The number of anilines is 1. The van der Waals surface area contributed by atoms with Crippen LogP contribution in [-0.4, -0.2) is 25.2 Å². The maximum atomic E-state index is 9.31. The molecule has 0 aromatic heterocycles. The van der Waals surface area contributed by atoms with Gasteiger partial charge >= 0.3 is 0 Å². The Kier molecular flexibility index (Phi) is 5.18. The second-order valence-corrected chi connectivity index (χ2v) is 4.82. The molecule has 0 aliphatic heterocycles. The van der Waals surface area contributed by atoms with Gasteiger partial charge in [0, 0.05) is 18.8 Å². The highest BCUT2D eigenvalue weighted by Gasteiger charge is 2.25. The molecule has 0 saturated carbocycles. The summed E-state index contributed by atoms with van der Waals surface area (Å²) < 4.78 is 0. The lowest BCUT2D eigenvalue weighted by molar-refractivity contribution is 0.456. The largest absolute Gasteiger partial charge is 0.369 e. The maximum absolute atomic E-state index is 9.31. The van der Waals surface area contributed by atoms with E-state index in [2.05, 4.69) is 54.4 Å². The molecule has 0 amide bonds. The van der Waals surface area contributed by atoms with Gasteiger partial charge in [-0.3, -0.25) is 5.32 Å². The van der Waals surface area contributed by atoms with Crippen molar-refractivity contribution in [3.05, 3.63) is 29.8 Å². The van der Waals surface area contributed by atoms with Crippen molar-refractivity contribution in [3.63, 3.8) is 0 Å². The van der Waals surface area contributed by atoms with Gasteiger partial charge in [-0.05, 0) is 39.4 Å². The minimum absolute atomic E-state index is 0.504. The van der Waals surface area contributed by atoms with Crippen molar-refractivity contribution in [3.8, 4) is 6.07 Å². The number of nitriles is 1. The lowest BCUT2D eigenvalue weighted by Crippen LogP contribution is -2.50. The minimum Gasteiger partial charge on any atom is -0.369 e. The average Bonchev–Trinajstić information content (AvgIpc) is 2.37. The minimum atomic E-state index is -0.504. The lowest BCUT2D eigenvalue weighted by Gasteiger charge is -2.32. The van der Waals surface area contributed by atoms with Crippen LogP contribution in [0, 0.1) is 18.3 Å². The summed E-state index contributed by atoms with van der Waals surface area (Å²) in [6.45, 7) is 10.6. The Morgan fingerprint density at radius 3 is 2.33 bits per heavy atom. The van der Waals surface area contributed by atoms with Gasteiger partial charge in [-0.25, -0.2) is 0 Å². The van der Waals surface area contributed by atoms with Gasteiger partial charge in [0.2, 0.25) is 0 Å². The molecule has 3 nitrogen and oxygen atoms in total. The van der Waals surface area contributed by atoms with Crippen molar-refractivity contribution in [1.29, 1.82) is 5.26 Å². The van der Waals surface area contributed by atoms with Gasteiger partial charge in [-0.1, -0.05) is 24.6 Å². The van der Waals surface area contributed by atoms with Gasteiger partial charge in [0.15, 0.2) is 0 Å². The number of rotatable bonds is 6. The van der Waals surface area contributed by atoms with Gasteiger partial charge in [0.25, 0.3) is 0 Å². The van der Waals surface area contributed by atoms with Crippen LogP contribution in [0.25, 0.3) is 0 Å². The van der Waals surface area contributed by atoms with Crippen LogP contribution in [0.2, 0.25) is 0 Å². The van der Waals surface area contributed by atoms with E-state index in [0.29, 0.717) is 6.54 Å². The van der Waals surface area contributed by atoms with Crippen LogP contribution in [0.15, 0.2) is 24.3 Å². The molecule has 0 fully saturated rings. The second-order valence-electron chi connectivity index (χ2n) is 4.82. The fourth-order valence-corrected chi connectivity index (χ4v) is 2.04. The number of hydrogen-bond donors (Lipinski definition) is 1. The zero-order valence-corrected chi connectivity index (χ0v) is 11.8. The number of hydrogen-bond acceptors (Lipinski definition) is 3. The van der Waals surface area contributed by atoms with E-state index in [0.717, 1.165) is 13.1 Å². The molecule has 0 aliphatic rings. The molecule has 1 rings (SSSR count). The van der Waals surface area contributed by atoms with Crippen molar-refractivity contribution < 1.29 is 0 Å². The molecule has 0 bridgehead atoms. The van der Waals surface area contributed by atoms with Crippen molar-refractivity contribution in [2.24, 2.45) is 0 Å². The zero-order valence-electron chi connectivity index (χ0n) is 11.8. The predicted molar refractivity (Wildman–Crippen MR) is 76.8 cm³/mol. The van der Waals surface area contributed by atoms with Crippen molar-refractivity contribution >= 4 is 5.69 Å². The van der Waals surface area contributed by atoms with E-state index in [1.165, 1.54) is 11.3 Å². The normalized spacial score (nSPS) is 13.7. The summed E-state index contributed by atoms with van der Waals surface area (Å²) in [5, 5.41) is 12.6. The first-order chi connectivity index (χ1) is 8.54. The Morgan fingerprint density at radius 2 is 1.89 bits per heavy atom. The number of benzene rings is 1. The molecule has 1 unspecified atom stereocenters. The van der Waals surface area contributed by atoms with Gasteiger partial charge < -0.3 is 4.90 Å². The second kappa shape index (κ2) is 6.42. The molecule has 1 aromatic rings. The van der Waals surface area contributed by atoms with Crippen LogP contribution in [0.1, 0.15) is 26.3 Å². The summed E-state index contributed by atoms with van der Waals surface area (Å²) >= 11 is 0. The van der Waals surface area contributed by atoms with Crippen LogP contribution < -0.4 is 10.2 Å². The number of likely N-dealkylation sites (N-methyl/N-ethyl adjacent to an activating group) is 2. The van der Waals surface area contributed by atoms with Crippen LogP contribution in [0.4, 0.5) is 5.69 Å². The first kappa shape index (κ1) is 14.5. The lowest BCUT2D eigenvalue weighted by atomic mass is 10.0. The number of nitrogens with zero attached hydrogens (tertiary/aromatic N) is 2. The fourth-order valence-electron chi connectivity index (χ4n) is 2.04. The first-order valence-electron chi connectivity index (χ1n) is 6.52. The Balaban J connectivity index is 2.84. The third-order valence-corrected chi connectivity index (χ3v) is 3.10. The Morgan fingerprint density at radius 1 is 1.28 bits per heavy atom. The smallest absolute Gasteiger partial charge is 0.121 e. The van der Waals surface area contributed by atoms with E-state index in [4.69, 9.17) is 0 Å². The number of aryl methyl sites for hydroxylation is 1. The summed E-state index contributed by atoms with van der Waals surface area (Å²) in [5.41, 5.74) is 1.92. The third kappa shape index (κ3) is 3.75. The van der Waals surface area contributed by atoms with E-state index < -0.39 is 5.54 Å². The standard InChI is InChI=1S/C15H23N3/c1-5-17-15(4,11-16)12-18(6-2)14-9-7-13(3)8-10-14/h7-10,17H,5-6,12H2,1-4H3. The molecule has 3 heteroatoms.